The van der Waals surface area contributed by atoms with Crippen LogP contribution in [0, 0.1) is 0 Å². The Hall–Kier alpha value is -4.32. The largest absolute Gasteiger partial charge is 0.457 e. The zero-order valence-corrected chi connectivity index (χ0v) is 21.1. The average Bonchev–Trinajstić information content (AvgIpc) is 3.56. The van der Waals surface area contributed by atoms with Crippen LogP contribution in [0.1, 0.15) is 19.4 Å². The van der Waals surface area contributed by atoms with Gasteiger partial charge in [-0.2, -0.15) is 0 Å². The van der Waals surface area contributed by atoms with Gasteiger partial charge in [-0.1, -0.05) is 66.7 Å². The van der Waals surface area contributed by atoms with Crippen LogP contribution < -0.4 is 25.6 Å². The first-order valence-corrected chi connectivity index (χ1v) is 12.6. The van der Waals surface area contributed by atoms with Crippen LogP contribution in [0.4, 0.5) is 11.4 Å². The molecule has 184 valence electrons. The summed E-state index contributed by atoms with van der Waals surface area (Å²) in [4.78, 5) is 0. The summed E-state index contributed by atoms with van der Waals surface area (Å²) in [5, 5.41) is 4.16. The molecule has 1 unspecified atom stereocenters. The van der Waals surface area contributed by atoms with Gasteiger partial charge in [0.1, 0.15) is 11.5 Å². The second-order valence-corrected chi connectivity index (χ2v) is 9.46. The van der Waals surface area contributed by atoms with E-state index in [2.05, 4.69) is 120 Å². The van der Waals surface area contributed by atoms with Crippen molar-refractivity contribution in [1.29, 1.82) is 0 Å². The number of hydrogen-bond donors (Lipinski definition) is 2. The quantitative estimate of drug-likeness (QED) is 0.303. The third-order valence-corrected chi connectivity index (χ3v) is 6.67. The van der Waals surface area contributed by atoms with E-state index in [0.29, 0.717) is 6.04 Å². The highest BCUT2D eigenvalue weighted by Gasteiger charge is 2.19. The summed E-state index contributed by atoms with van der Waals surface area (Å²) in [7, 11) is 0. The Morgan fingerprint density at radius 3 is 2.08 bits per heavy atom. The van der Waals surface area contributed by atoms with Gasteiger partial charge in [-0.3, -0.25) is 10.0 Å². The molecule has 1 atom stereocenters. The Morgan fingerprint density at radius 2 is 1.38 bits per heavy atom. The average molecular weight is 487 g/mol. The molecule has 0 bridgehead atoms. The molecule has 2 aliphatic rings. The van der Waals surface area contributed by atoms with Crippen molar-refractivity contribution in [2.45, 2.75) is 19.9 Å². The molecular weight excluding hydrogens is 456 g/mol. The minimum atomic E-state index is 0.314. The molecule has 2 heterocycles. The lowest BCUT2D eigenvalue weighted by Gasteiger charge is -2.22. The number of allylic oxidation sites excluding steroid dienone is 1. The molecule has 4 aromatic rings. The maximum Gasteiger partial charge on any atom is 0.129 e. The summed E-state index contributed by atoms with van der Waals surface area (Å²) >= 11 is 0. The fourth-order valence-corrected chi connectivity index (χ4v) is 4.84. The SMILES string of the molecule is CC1=CC(C)NN1c1cccc(Oc2cccc(N3C=C(c4ccc(-c5ccccc5)cc4)CN3)c2)c1. The molecule has 0 saturated carbocycles. The maximum atomic E-state index is 6.26. The molecule has 0 aromatic heterocycles. The first-order valence-electron chi connectivity index (χ1n) is 12.6. The van der Waals surface area contributed by atoms with E-state index in [-0.39, 0.29) is 0 Å². The van der Waals surface area contributed by atoms with Crippen molar-refractivity contribution in [3.05, 3.63) is 127 Å². The lowest BCUT2D eigenvalue weighted by molar-refractivity contribution is 0.482. The van der Waals surface area contributed by atoms with Crippen molar-refractivity contribution in [2.75, 3.05) is 16.6 Å². The lowest BCUT2D eigenvalue weighted by Crippen LogP contribution is -2.35. The number of benzene rings is 4. The Morgan fingerprint density at radius 1 is 0.730 bits per heavy atom. The molecule has 5 nitrogen and oxygen atoms in total. The first-order chi connectivity index (χ1) is 18.1. The van der Waals surface area contributed by atoms with Crippen molar-refractivity contribution in [2.24, 2.45) is 0 Å². The Bertz CT molecular complexity index is 1460. The van der Waals surface area contributed by atoms with Crippen LogP contribution in [0.5, 0.6) is 11.5 Å². The number of hydrogen-bond acceptors (Lipinski definition) is 5. The number of nitrogens with zero attached hydrogens (tertiary/aromatic N) is 2. The van der Waals surface area contributed by atoms with E-state index in [4.69, 9.17) is 4.74 Å². The molecule has 6 rings (SSSR count). The number of rotatable bonds is 6. The van der Waals surface area contributed by atoms with Gasteiger partial charge in [0.2, 0.25) is 0 Å². The van der Waals surface area contributed by atoms with Gasteiger partial charge in [-0.15, -0.1) is 0 Å². The summed E-state index contributed by atoms with van der Waals surface area (Å²) in [6.07, 6.45) is 4.37. The van der Waals surface area contributed by atoms with E-state index in [1.807, 2.05) is 30.3 Å². The maximum absolute atomic E-state index is 6.26. The molecule has 0 radical (unpaired) electrons. The number of anilines is 2. The molecule has 2 aliphatic heterocycles. The summed E-state index contributed by atoms with van der Waals surface area (Å²) in [6.45, 7) is 5.02. The minimum absolute atomic E-state index is 0.314. The zero-order valence-electron chi connectivity index (χ0n) is 21.1. The number of hydrazine groups is 2. The Kier molecular flexibility index (Phi) is 6.23. The van der Waals surface area contributed by atoms with Gasteiger partial charge in [-0.25, -0.2) is 10.9 Å². The molecule has 2 N–H and O–H groups in total. The zero-order chi connectivity index (χ0) is 25.2. The van der Waals surface area contributed by atoms with Crippen LogP contribution in [-0.4, -0.2) is 12.6 Å². The van der Waals surface area contributed by atoms with E-state index < -0.39 is 0 Å². The fourth-order valence-electron chi connectivity index (χ4n) is 4.84. The van der Waals surface area contributed by atoms with Crippen molar-refractivity contribution in [1.82, 2.24) is 10.9 Å². The third-order valence-electron chi connectivity index (χ3n) is 6.67. The van der Waals surface area contributed by atoms with Crippen molar-refractivity contribution in [3.63, 3.8) is 0 Å². The molecule has 0 amide bonds. The van der Waals surface area contributed by atoms with Crippen LogP contribution in [0.2, 0.25) is 0 Å². The van der Waals surface area contributed by atoms with E-state index in [9.17, 15) is 0 Å². The third kappa shape index (κ3) is 5.00. The monoisotopic (exact) mass is 486 g/mol. The molecule has 5 heteroatoms. The second-order valence-electron chi connectivity index (χ2n) is 9.46. The van der Waals surface area contributed by atoms with Gasteiger partial charge in [0.05, 0.1) is 11.4 Å². The fraction of sp³-hybridized carbons (Fsp3) is 0.125. The van der Waals surface area contributed by atoms with Crippen molar-refractivity contribution >= 4 is 16.9 Å². The highest BCUT2D eigenvalue weighted by Crippen LogP contribution is 2.32. The molecule has 0 aliphatic carbocycles. The summed E-state index contributed by atoms with van der Waals surface area (Å²) in [6, 6.07) is 35.8. The Labute approximate surface area is 218 Å². The van der Waals surface area contributed by atoms with Gasteiger partial charge in [0.25, 0.3) is 0 Å². The molecule has 4 aromatic carbocycles. The van der Waals surface area contributed by atoms with Crippen molar-refractivity contribution < 1.29 is 4.74 Å². The molecule has 0 saturated heterocycles. The topological polar surface area (TPSA) is 39.8 Å². The van der Waals surface area contributed by atoms with Crippen LogP contribution >= 0.6 is 0 Å². The summed E-state index contributed by atoms with van der Waals surface area (Å²) < 4.78 is 6.26. The van der Waals surface area contributed by atoms with Gasteiger partial charge < -0.3 is 4.74 Å². The van der Waals surface area contributed by atoms with Gasteiger partial charge in [-0.05, 0) is 66.5 Å². The van der Waals surface area contributed by atoms with Gasteiger partial charge in [0.15, 0.2) is 0 Å². The van der Waals surface area contributed by atoms with Crippen LogP contribution in [-0.2, 0) is 0 Å². The molecular formula is C32H30N4O. The second kappa shape index (κ2) is 9.97. The van der Waals surface area contributed by atoms with E-state index in [1.54, 1.807) is 0 Å². The number of ether oxygens (including phenoxy) is 1. The minimum Gasteiger partial charge on any atom is -0.457 e. The highest BCUT2D eigenvalue weighted by molar-refractivity contribution is 5.75. The van der Waals surface area contributed by atoms with Crippen LogP contribution in [0.15, 0.2) is 121 Å². The predicted octanol–water partition coefficient (Wildman–Crippen LogP) is 7.13. The van der Waals surface area contributed by atoms with Gasteiger partial charge in [0, 0.05) is 36.6 Å². The Balaban J connectivity index is 1.17. The highest BCUT2D eigenvalue weighted by atomic mass is 16.5. The van der Waals surface area contributed by atoms with E-state index in [0.717, 1.165) is 29.4 Å². The van der Waals surface area contributed by atoms with Crippen LogP contribution in [0.25, 0.3) is 16.7 Å². The summed E-state index contributed by atoms with van der Waals surface area (Å²) in [5.74, 6) is 1.59. The van der Waals surface area contributed by atoms with Crippen LogP contribution in [0.3, 0.4) is 0 Å². The predicted molar refractivity (Wildman–Crippen MR) is 152 cm³/mol. The number of nitrogens with one attached hydrogen (secondary N) is 2. The first kappa shape index (κ1) is 23.1. The smallest absolute Gasteiger partial charge is 0.129 e. The van der Waals surface area contributed by atoms with Gasteiger partial charge >= 0.3 is 0 Å². The molecule has 0 fully saturated rings. The van der Waals surface area contributed by atoms with E-state index in [1.165, 1.54) is 28.0 Å². The standard InChI is InChI=1S/C32H30N4O/c1-23-18-24(2)36(34-23)30-11-7-13-32(20-30)37-31-12-6-10-29(19-31)35-22-28(21-33-35)27-16-14-26(15-17-27)25-8-4-3-5-9-25/h3-20,22-23,33-34H,21H2,1-2H3. The molecule has 0 spiro atoms. The lowest BCUT2D eigenvalue weighted by atomic mass is 10.0. The molecule has 37 heavy (non-hydrogen) atoms. The normalized spacial score (nSPS) is 17.1. The van der Waals surface area contributed by atoms with Crippen molar-refractivity contribution in [3.8, 4) is 22.6 Å². The summed E-state index contributed by atoms with van der Waals surface area (Å²) in [5.41, 5.74) is 15.1. The van der Waals surface area contributed by atoms with E-state index >= 15 is 0 Å².